The van der Waals surface area contributed by atoms with Crippen LogP contribution in [0.2, 0.25) is 0 Å². The molecule has 0 aliphatic heterocycles. The first-order valence-corrected chi connectivity index (χ1v) is 7.26. The van der Waals surface area contributed by atoms with Crippen LogP contribution in [-0.2, 0) is 0 Å². The normalized spacial score (nSPS) is 10.2. The minimum Gasteiger partial charge on any atom is -0.507 e. The molecule has 4 nitrogen and oxygen atoms in total. The Bertz CT molecular complexity index is 701. The fourth-order valence-electron chi connectivity index (χ4n) is 1.83. The zero-order valence-corrected chi connectivity index (χ0v) is 13.6. The zero-order chi connectivity index (χ0) is 15.6. The van der Waals surface area contributed by atoms with Crippen LogP contribution in [0.1, 0.15) is 15.9 Å². The number of aromatic hydroxyl groups is 1. The molecule has 0 saturated carbocycles. The highest BCUT2D eigenvalue weighted by molar-refractivity contribution is 9.10. The number of anilines is 1. The molecule has 1 amide bonds. The van der Waals surface area contributed by atoms with Crippen molar-refractivity contribution < 1.29 is 9.90 Å². The van der Waals surface area contributed by atoms with Crippen LogP contribution < -0.4 is 10.6 Å². The number of benzene rings is 2. The molecule has 0 fully saturated rings. The van der Waals surface area contributed by atoms with Crippen LogP contribution in [0.5, 0.6) is 5.75 Å². The molecular weight excluding hydrogens is 352 g/mol. The van der Waals surface area contributed by atoms with E-state index in [0.29, 0.717) is 10.7 Å². The molecule has 108 valence electrons. The molecule has 0 spiro atoms. The number of carbonyl (C=O) groups excluding carboxylic acids is 1. The van der Waals surface area contributed by atoms with Gasteiger partial charge in [0.1, 0.15) is 10.7 Å². The summed E-state index contributed by atoms with van der Waals surface area (Å²) in [6.07, 6.45) is 0. The van der Waals surface area contributed by atoms with Gasteiger partial charge in [0.15, 0.2) is 0 Å². The maximum absolute atomic E-state index is 12.4. The highest BCUT2D eigenvalue weighted by Gasteiger charge is 2.17. The van der Waals surface area contributed by atoms with Crippen molar-refractivity contribution in [1.29, 1.82) is 0 Å². The first kappa shape index (κ1) is 15.5. The summed E-state index contributed by atoms with van der Waals surface area (Å²) in [5.74, 6) is -0.369. The highest BCUT2D eigenvalue weighted by atomic mass is 79.9. The van der Waals surface area contributed by atoms with Gasteiger partial charge in [-0.3, -0.25) is 4.79 Å². The van der Waals surface area contributed by atoms with Crippen molar-refractivity contribution in [1.82, 2.24) is 0 Å². The van der Waals surface area contributed by atoms with E-state index in [4.69, 9.17) is 18.0 Å². The number of rotatable bonds is 3. The Morgan fingerprint density at radius 3 is 2.43 bits per heavy atom. The van der Waals surface area contributed by atoms with Crippen molar-refractivity contribution in [3.05, 3.63) is 58.1 Å². The summed E-state index contributed by atoms with van der Waals surface area (Å²) in [6, 6.07) is 11.7. The fourth-order valence-corrected chi connectivity index (χ4v) is 2.32. The third-order valence-electron chi connectivity index (χ3n) is 3.03. The van der Waals surface area contributed by atoms with E-state index in [1.165, 1.54) is 11.0 Å². The summed E-state index contributed by atoms with van der Waals surface area (Å²) in [6.45, 7) is 0. The van der Waals surface area contributed by atoms with Crippen molar-refractivity contribution in [2.45, 2.75) is 0 Å². The molecule has 0 atom stereocenters. The zero-order valence-electron chi connectivity index (χ0n) is 11.2. The topological polar surface area (TPSA) is 66.6 Å². The van der Waals surface area contributed by atoms with Gasteiger partial charge in [-0.2, -0.15) is 0 Å². The molecule has 0 unspecified atom stereocenters. The number of phenols is 1. The molecule has 0 bridgehead atoms. The molecule has 6 heteroatoms. The Morgan fingerprint density at radius 1 is 1.24 bits per heavy atom. The van der Waals surface area contributed by atoms with E-state index in [-0.39, 0.29) is 17.2 Å². The SMILES string of the molecule is CN(C(=O)c1cc(Br)ccc1O)c1ccc(C(N)=S)cc1. The molecule has 0 aliphatic rings. The van der Waals surface area contributed by atoms with Gasteiger partial charge in [-0.1, -0.05) is 28.1 Å². The van der Waals surface area contributed by atoms with Gasteiger partial charge in [0.25, 0.3) is 5.91 Å². The van der Waals surface area contributed by atoms with E-state index >= 15 is 0 Å². The van der Waals surface area contributed by atoms with Gasteiger partial charge >= 0.3 is 0 Å². The average molecular weight is 365 g/mol. The number of hydrogen-bond acceptors (Lipinski definition) is 3. The summed E-state index contributed by atoms with van der Waals surface area (Å²) in [5, 5.41) is 9.82. The number of amides is 1. The van der Waals surface area contributed by atoms with E-state index in [2.05, 4.69) is 15.9 Å². The number of phenolic OH excluding ortho intramolecular Hbond substituents is 1. The van der Waals surface area contributed by atoms with Crippen LogP contribution in [0.4, 0.5) is 5.69 Å². The van der Waals surface area contributed by atoms with Crippen molar-refractivity contribution in [3.8, 4) is 5.75 Å². The Kier molecular flexibility index (Phi) is 4.59. The first-order chi connectivity index (χ1) is 9.90. The van der Waals surface area contributed by atoms with Gasteiger partial charge < -0.3 is 15.7 Å². The molecule has 0 aromatic heterocycles. The first-order valence-electron chi connectivity index (χ1n) is 6.06. The van der Waals surface area contributed by atoms with Gasteiger partial charge in [0, 0.05) is 22.8 Å². The van der Waals surface area contributed by atoms with Crippen molar-refractivity contribution in [2.75, 3.05) is 11.9 Å². The maximum atomic E-state index is 12.4. The lowest BCUT2D eigenvalue weighted by atomic mass is 10.1. The Balaban J connectivity index is 2.30. The molecule has 0 heterocycles. The second-order valence-electron chi connectivity index (χ2n) is 4.44. The fraction of sp³-hybridized carbons (Fsp3) is 0.0667. The lowest BCUT2D eigenvalue weighted by Crippen LogP contribution is -2.26. The van der Waals surface area contributed by atoms with Gasteiger partial charge in [-0.15, -0.1) is 0 Å². The van der Waals surface area contributed by atoms with E-state index in [1.807, 2.05) is 0 Å². The largest absolute Gasteiger partial charge is 0.507 e. The number of halogens is 1. The quantitative estimate of drug-likeness (QED) is 0.821. The molecule has 2 aromatic carbocycles. The molecule has 0 saturated heterocycles. The number of nitrogens with two attached hydrogens (primary N) is 1. The molecule has 2 aromatic rings. The smallest absolute Gasteiger partial charge is 0.261 e. The Morgan fingerprint density at radius 2 is 1.86 bits per heavy atom. The number of hydrogen-bond donors (Lipinski definition) is 2. The van der Waals surface area contributed by atoms with Crippen LogP contribution in [0.15, 0.2) is 46.9 Å². The Labute approximate surface area is 136 Å². The Hall–Kier alpha value is -1.92. The third-order valence-corrected chi connectivity index (χ3v) is 3.76. The van der Waals surface area contributed by atoms with Crippen LogP contribution >= 0.6 is 28.1 Å². The molecular formula is C15H13BrN2O2S. The summed E-state index contributed by atoms with van der Waals surface area (Å²) >= 11 is 8.17. The molecule has 21 heavy (non-hydrogen) atoms. The third kappa shape index (κ3) is 3.40. The number of carbonyl (C=O) groups is 1. The van der Waals surface area contributed by atoms with E-state index in [9.17, 15) is 9.90 Å². The maximum Gasteiger partial charge on any atom is 0.261 e. The number of thiocarbonyl (C=S) groups is 1. The van der Waals surface area contributed by atoms with Gasteiger partial charge in [-0.25, -0.2) is 0 Å². The molecule has 0 aliphatic carbocycles. The number of nitrogens with zero attached hydrogens (tertiary/aromatic N) is 1. The monoisotopic (exact) mass is 364 g/mol. The van der Waals surface area contributed by atoms with Crippen LogP contribution in [-0.4, -0.2) is 23.0 Å². The van der Waals surface area contributed by atoms with Crippen molar-refractivity contribution in [3.63, 3.8) is 0 Å². The highest BCUT2D eigenvalue weighted by Crippen LogP contribution is 2.25. The van der Waals surface area contributed by atoms with Crippen LogP contribution in [0.3, 0.4) is 0 Å². The van der Waals surface area contributed by atoms with Gasteiger partial charge in [-0.05, 0) is 42.5 Å². The van der Waals surface area contributed by atoms with Gasteiger partial charge in [0.2, 0.25) is 0 Å². The second-order valence-corrected chi connectivity index (χ2v) is 5.79. The summed E-state index contributed by atoms with van der Waals surface area (Å²) in [4.78, 5) is 14.2. The standard InChI is InChI=1S/C15H13BrN2O2S/c1-18(11-5-2-9(3-6-11)14(17)21)15(20)12-8-10(16)4-7-13(12)19/h2-8,19H,1H3,(H2,17,21). The molecule has 3 N–H and O–H groups in total. The average Bonchev–Trinajstić information content (AvgIpc) is 2.48. The predicted octanol–water partition coefficient (Wildman–Crippen LogP) is 3.07. The van der Waals surface area contributed by atoms with E-state index in [1.54, 1.807) is 43.4 Å². The van der Waals surface area contributed by atoms with Crippen LogP contribution in [0, 0.1) is 0 Å². The predicted molar refractivity (Wildman–Crippen MR) is 90.9 cm³/mol. The lowest BCUT2D eigenvalue weighted by molar-refractivity contribution is 0.0990. The van der Waals surface area contributed by atoms with E-state index in [0.717, 1.165) is 10.0 Å². The van der Waals surface area contributed by atoms with Crippen molar-refractivity contribution >= 4 is 44.7 Å². The second kappa shape index (κ2) is 6.24. The molecule has 2 rings (SSSR count). The summed E-state index contributed by atoms with van der Waals surface area (Å²) < 4.78 is 0.723. The van der Waals surface area contributed by atoms with Crippen LogP contribution in [0.25, 0.3) is 0 Å². The summed E-state index contributed by atoms with van der Waals surface area (Å²) in [5.41, 5.74) is 7.18. The van der Waals surface area contributed by atoms with Gasteiger partial charge in [0.05, 0.1) is 5.56 Å². The van der Waals surface area contributed by atoms with E-state index < -0.39 is 0 Å². The summed E-state index contributed by atoms with van der Waals surface area (Å²) in [7, 11) is 1.64. The van der Waals surface area contributed by atoms with Crippen molar-refractivity contribution in [2.24, 2.45) is 5.73 Å². The lowest BCUT2D eigenvalue weighted by Gasteiger charge is -2.18. The minimum absolute atomic E-state index is 0.0604. The minimum atomic E-state index is -0.308. The molecule has 0 radical (unpaired) electrons.